The third kappa shape index (κ3) is 4.58. The van der Waals surface area contributed by atoms with E-state index >= 15 is 0 Å². The summed E-state index contributed by atoms with van der Waals surface area (Å²) in [6, 6.07) is 15.2. The maximum Gasteiger partial charge on any atom is 0.326 e. The van der Waals surface area contributed by atoms with Gasteiger partial charge in [-0.3, -0.25) is 9.80 Å². The molecule has 0 aliphatic carbocycles. The molecule has 2 aliphatic rings. The van der Waals surface area contributed by atoms with Crippen LogP contribution in [0.5, 0.6) is 5.75 Å². The Balaban J connectivity index is 1.35. The Hall–Kier alpha value is -3.52. The van der Waals surface area contributed by atoms with Crippen molar-refractivity contribution in [1.82, 2.24) is 4.90 Å². The number of likely N-dealkylation sites (tertiary alicyclic amines) is 1. The number of carbonyl (C=O) groups is 1. The minimum absolute atomic E-state index is 0.256. The normalized spacial score (nSPS) is 16.9. The SMILES string of the molecule is COc1ccc2c(c1)C1(CCN(Cc3ccc(F)c(F)c3)CC1)CN2C(=O)Nc1cccc(F)c1. The average molecular weight is 482 g/mol. The van der Waals surface area contributed by atoms with Crippen molar-refractivity contribution in [3.8, 4) is 5.75 Å². The fraction of sp³-hybridized carbons (Fsp3) is 0.296. The first-order valence-electron chi connectivity index (χ1n) is 11.6. The van der Waals surface area contributed by atoms with E-state index in [-0.39, 0.29) is 11.4 Å². The average Bonchev–Trinajstić information content (AvgIpc) is 3.16. The molecule has 2 amide bonds. The number of benzene rings is 3. The fourth-order valence-corrected chi connectivity index (χ4v) is 5.18. The van der Waals surface area contributed by atoms with Gasteiger partial charge in [-0.2, -0.15) is 0 Å². The van der Waals surface area contributed by atoms with Crippen LogP contribution in [0.3, 0.4) is 0 Å². The number of carbonyl (C=O) groups excluding carboxylic acids is 1. The predicted molar refractivity (Wildman–Crippen MR) is 128 cm³/mol. The number of urea groups is 1. The van der Waals surface area contributed by atoms with Crippen LogP contribution in [0.1, 0.15) is 24.0 Å². The summed E-state index contributed by atoms with van der Waals surface area (Å²) in [6.45, 7) is 2.52. The summed E-state index contributed by atoms with van der Waals surface area (Å²) in [5.74, 6) is -1.38. The van der Waals surface area contributed by atoms with E-state index in [1.807, 2.05) is 18.2 Å². The first-order valence-corrected chi connectivity index (χ1v) is 11.6. The number of methoxy groups -OCH3 is 1. The van der Waals surface area contributed by atoms with Gasteiger partial charge in [-0.25, -0.2) is 18.0 Å². The molecule has 35 heavy (non-hydrogen) atoms. The van der Waals surface area contributed by atoms with E-state index in [0.717, 1.165) is 54.6 Å². The van der Waals surface area contributed by atoms with Gasteiger partial charge < -0.3 is 10.1 Å². The van der Waals surface area contributed by atoms with E-state index in [4.69, 9.17) is 4.74 Å². The van der Waals surface area contributed by atoms with Gasteiger partial charge in [-0.1, -0.05) is 12.1 Å². The van der Waals surface area contributed by atoms with Crippen molar-refractivity contribution in [2.45, 2.75) is 24.8 Å². The van der Waals surface area contributed by atoms with Crippen molar-refractivity contribution in [3.63, 3.8) is 0 Å². The standard InChI is InChI=1S/C27H26F3N3O2/c1-35-21-6-8-25-22(15-21)27(17-33(25)26(34)31-20-4-2-3-19(28)14-20)9-11-32(12-10-27)16-18-5-7-23(29)24(30)13-18/h2-8,13-15H,9-12,16-17H2,1H3,(H,31,34). The van der Waals surface area contributed by atoms with Crippen LogP contribution >= 0.6 is 0 Å². The quantitative estimate of drug-likeness (QED) is 0.520. The molecule has 182 valence electrons. The Morgan fingerprint density at radius 2 is 1.80 bits per heavy atom. The second-order valence-corrected chi connectivity index (χ2v) is 9.21. The highest BCUT2D eigenvalue weighted by Gasteiger charge is 2.46. The summed E-state index contributed by atoms with van der Waals surface area (Å²) in [4.78, 5) is 17.1. The molecule has 0 radical (unpaired) electrons. The van der Waals surface area contributed by atoms with Crippen LogP contribution in [0.4, 0.5) is 29.3 Å². The summed E-state index contributed by atoms with van der Waals surface area (Å²) in [5.41, 5.74) is 2.73. The second kappa shape index (κ2) is 9.26. The molecule has 2 aliphatic heterocycles. The molecule has 0 saturated carbocycles. The van der Waals surface area contributed by atoms with Gasteiger partial charge in [-0.05, 0) is 85.6 Å². The summed E-state index contributed by atoms with van der Waals surface area (Å²) in [6.07, 6.45) is 1.58. The Morgan fingerprint density at radius 1 is 1.00 bits per heavy atom. The Bertz CT molecular complexity index is 1260. The van der Waals surface area contributed by atoms with Gasteiger partial charge in [-0.15, -0.1) is 0 Å². The lowest BCUT2D eigenvalue weighted by Crippen LogP contribution is -2.46. The number of piperidine rings is 1. The van der Waals surface area contributed by atoms with Crippen molar-refractivity contribution >= 4 is 17.4 Å². The molecule has 0 atom stereocenters. The van der Waals surface area contributed by atoms with Crippen LogP contribution in [-0.4, -0.2) is 37.7 Å². The van der Waals surface area contributed by atoms with Crippen molar-refractivity contribution in [2.75, 3.05) is 37.0 Å². The van der Waals surface area contributed by atoms with Gasteiger partial charge in [0, 0.05) is 29.9 Å². The third-order valence-corrected chi connectivity index (χ3v) is 7.05. The smallest absolute Gasteiger partial charge is 0.326 e. The third-order valence-electron chi connectivity index (χ3n) is 7.05. The van der Waals surface area contributed by atoms with E-state index in [1.165, 1.54) is 18.2 Å². The van der Waals surface area contributed by atoms with Gasteiger partial charge in [0.05, 0.1) is 7.11 Å². The molecular formula is C27H26F3N3O2. The van der Waals surface area contributed by atoms with Crippen LogP contribution in [0.25, 0.3) is 0 Å². The molecule has 1 N–H and O–H groups in total. The van der Waals surface area contributed by atoms with Gasteiger partial charge in [0.1, 0.15) is 11.6 Å². The zero-order chi connectivity index (χ0) is 24.6. The molecule has 3 aromatic rings. The molecule has 0 aromatic heterocycles. The monoisotopic (exact) mass is 481 g/mol. The van der Waals surface area contributed by atoms with E-state index < -0.39 is 17.5 Å². The largest absolute Gasteiger partial charge is 0.497 e. The number of hydrogen-bond acceptors (Lipinski definition) is 3. The Morgan fingerprint density at radius 3 is 2.51 bits per heavy atom. The molecule has 8 heteroatoms. The first-order chi connectivity index (χ1) is 16.9. The predicted octanol–water partition coefficient (Wildman–Crippen LogP) is 5.70. The molecule has 3 aromatic carbocycles. The highest BCUT2D eigenvalue weighted by molar-refractivity contribution is 6.03. The molecule has 5 nitrogen and oxygen atoms in total. The lowest BCUT2D eigenvalue weighted by Gasteiger charge is -2.40. The summed E-state index contributed by atoms with van der Waals surface area (Å²) < 4.78 is 46.0. The van der Waals surface area contributed by atoms with E-state index in [9.17, 15) is 18.0 Å². The van der Waals surface area contributed by atoms with E-state index in [1.54, 1.807) is 30.2 Å². The maximum absolute atomic E-state index is 13.6. The maximum atomic E-state index is 13.6. The van der Waals surface area contributed by atoms with Crippen molar-refractivity contribution in [2.24, 2.45) is 0 Å². The minimum atomic E-state index is -0.848. The van der Waals surface area contributed by atoms with Crippen molar-refractivity contribution < 1.29 is 22.7 Å². The minimum Gasteiger partial charge on any atom is -0.497 e. The highest BCUT2D eigenvalue weighted by Crippen LogP contribution is 2.48. The fourth-order valence-electron chi connectivity index (χ4n) is 5.18. The number of hydrogen-bond donors (Lipinski definition) is 1. The van der Waals surface area contributed by atoms with E-state index in [0.29, 0.717) is 18.8 Å². The van der Waals surface area contributed by atoms with Crippen molar-refractivity contribution in [3.05, 3.63) is 89.2 Å². The number of nitrogens with one attached hydrogen (secondary N) is 1. The number of fused-ring (bicyclic) bond motifs is 2. The highest BCUT2D eigenvalue weighted by atomic mass is 19.2. The number of rotatable bonds is 4. The number of amides is 2. The molecule has 0 unspecified atom stereocenters. The zero-order valence-corrected chi connectivity index (χ0v) is 19.4. The molecule has 0 bridgehead atoms. The molecular weight excluding hydrogens is 455 g/mol. The molecule has 1 spiro atoms. The summed E-state index contributed by atoms with van der Waals surface area (Å²) >= 11 is 0. The van der Waals surface area contributed by atoms with Crippen LogP contribution in [0.2, 0.25) is 0 Å². The molecule has 1 saturated heterocycles. The Labute approximate surface area is 202 Å². The summed E-state index contributed by atoms with van der Waals surface area (Å²) in [5, 5.41) is 2.81. The van der Waals surface area contributed by atoms with Crippen LogP contribution in [0, 0.1) is 17.5 Å². The van der Waals surface area contributed by atoms with Gasteiger partial charge in [0.25, 0.3) is 0 Å². The Kier molecular flexibility index (Phi) is 6.15. The van der Waals surface area contributed by atoms with E-state index in [2.05, 4.69) is 10.2 Å². The lowest BCUT2D eigenvalue weighted by molar-refractivity contribution is 0.159. The zero-order valence-electron chi connectivity index (χ0n) is 19.4. The van der Waals surface area contributed by atoms with Crippen LogP contribution in [-0.2, 0) is 12.0 Å². The number of halogens is 3. The number of nitrogens with zero attached hydrogens (tertiary/aromatic N) is 2. The molecule has 2 heterocycles. The number of anilines is 2. The molecule has 5 rings (SSSR count). The van der Waals surface area contributed by atoms with Gasteiger partial charge in [0.2, 0.25) is 0 Å². The van der Waals surface area contributed by atoms with Gasteiger partial charge in [0.15, 0.2) is 11.6 Å². The van der Waals surface area contributed by atoms with Crippen molar-refractivity contribution in [1.29, 1.82) is 0 Å². The lowest BCUT2D eigenvalue weighted by atomic mass is 9.74. The molecule has 1 fully saturated rings. The second-order valence-electron chi connectivity index (χ2n) is 9.21. The van der Waals surface area contributed by atoms with Crippen LogP contribution in [0.15, 0.2) is 60.7 Å². The van der Waals surface area contributed by atoms with Gasteiger partial charge >= 0.3 is 6.03 Å². The topological polar surface area (TPSA) is 44.8 Å². The summed E-state index contributed by atoms with van der Waals surface area (Å²) in [7, 11) is 1.61. The first kappa shape index (κ1) is 23.2. The van der Waals surface area contributed by atoms with Crippen LogP contribution < -0.4 is 15.0 Å². The number of ether oxygens (including phenoxy) is 1.